The van der Waals surface area contributed by atoms with E-state index in [2.05, 4.69) is 15.1 Å². The van der Waals surface area contributed by atoms with Gasteiger partial charge < -0.3 is 19.4 Å². The SMILES string of the molecule is Cc1ccc(CN(CCCN2CCOCC2)C(=S)Nc2ccc(Cl)cc2C)o1. The molecule has 5 nitrogen and oxygen atoms in total. The van der Waals surface area contributed by atoms with E-state index in [1.807, 2.05) is 44.2 Å². The highest BCUT2D eigenvalue weighted by Gasteiger charge is 2.15. The summed E-state index contributed by atoms with van der Waals surface area (Å²) in [5, 5.41) is 4.80. The number of aryl methyl sites for hydroxylation is 2. The van der Waals surface area contributed by atoms with Gasteiger partial charge in [0.1, 0.15) is 11.5 Å². The predicted octanol–water partition coefficient (Wildman–Crippen LogP) is 4.47. The normalized spacial score (nSPS) is 14.8. The molecule has 7 heteroatoms. The number of halogens is 1. The summed E-state index contributed by atoms with van der Waals surface area (Å²) in [6.45, 7) is 10.2. The molecule has 0 amide bonds. The van der Waals surface area contributed by atoms with E-state index in [4.69, 9.17) is 33.0 Å². The van der Waals surface area contributed by atoms with Gasteiger partial charge in [0.25, 0.3) is 0 Å². The highest BCUT2D eigenvalue weighted by Crippen LogP contribution is 2.20. The summed E-state index contributed by atoms with van der Waals surface area (Å²) in [5.74, 6) is 1.83. The number of hydrogen-bond donors (Lipinski definition) is 1. The van der Waals surface area contributed by atoms with Gasteiger partial charge in [-0.1, -0.05) is 11.6 Å². The maximum atomic E-state index is 6.07. The first-order chi connectivity index (χ1) is 13.5. The zero-order chi connectivity index (χ0) is 19.9. The second-order valence-electron chi connectivity index (χ2n) is 7.13. The van der Waals surface area contributed by atoms with Crippen LogP contribution in [0.1, 0.15) is 23.5 Å². The summed E-state index contributed by atoms with van der Waals surface area (Å²) in [4.78, 5) is 4.61. The summed E-state index contributed by atoms with van der Waals surface area (Å²) < 4.78 is 11.2. The Morgan fingerprint density at radius 3 is 2.68 bits per heavy atom. The summed E-state index contributed by atoms with van der Waals surface area (Å²) in [6.07, 6.45) is 1.03. The fourth-order valence-electron chi connectivity index (χ4n) is 3.28. The average Bonchev–Trinajstić information content (AvgIpc) is 3.09. The molecule has 1 aliphatic rings. The van der Waals surface area contributed by atoms with Crippen LogP contribution >= 0.6 is 23.8 Å². The van der Waals surface area contributed by atoms with Crippen molar-refractivity contribution in [3.8, 4) is 0 Å². The van der Waals surface area contributed by atoms with E-state index in [1.165, 1.54) is 0 Å². The molecule has 0 bridgehead atoms. The molecule has 3 rings (SSSR count). The van der Waals surface area contributed by atoms with Crippen molar-refractivity contribution >= 4 is 34.6 Å². The van der Waals surface area contributed by atoms with E-state index >= 15 is 0 Å². The second kappa shape index (κ2) is 10.3. The average molecular weight is 422 g/mol. The maximum Gasteiger partial charge on any atom is 0.173 e. The van der Waals surface area contributed by atoms with E-state index in [-0.39, 0.29) is 0 Å². The number of furan rings is 1. The molecule has 0 saturated carbocycles. The molecule has 2 aromatic rings. The summed E-state index contributed by atoms with van der Waals surface area (Å²) >= 11 is 11.8. The van der Waals surface area contributed by atoms with Gasteiger partial charge >= 0.3 is 0 Å². The highest BCUT2D eigenvalue weighted by molar-refractivity contribution is 7.80. The first-order valence-electron chi connectivity index (χ1n) is 9.69. The molecule has 0 spiro atoms. The van der Waals surface area contributed by atoms with Crippen molar-refractivity contribution in [2.24, 2.45) is 0 Å². The quantitative estimate of drug-likeness (QED) is 0.665. The van der Waals surface area contributed by atoms with E-state index in [9.17, 15) is 0 Å². The number of rotatable bonds is 7. The third-order valence-electron chi connectivity index (χ3n) is 4.87. The van der Waals surface area contributed by atoms with Gasteiger partial charge in [0, 0.05) is 36.9 Å². The summed E-state index contributed by atoms with van der Waals surface area (Å²) in [6, 6.07) is 9.78. The van der Waals surface area contributed by atoms with Crippen LogP contribution in [-0.2, 0) is 11.3 Å². The fraction of sp³-hybridized carbons (Fsp3) is 0.476. The van der Waals surface area contributed by atoms with E-state index in [0.29, 0.717) is 11.7 Å². The van der Waals surface area contributed by atoms with Crippen LogP contribution in [0.25, 0.3) is 0 Å². The first kappa shape index (κ1) is 21.1. The molecule has 0 radical (unpaired) electrons. The standard InChI is InChI=1S/C21H28ClN3O2S/c1-16-14-18(22)5-7-20(16)23-21(28)25(15-19-6-4-17(2)27-19)9-3-8-24-10-12-26-13-11-24/h4-7,14H,3,8-13,15H2,1-2H3,(H,23,28). The number of thiocarbonyl (C=S) groups is 1. The molecule has 0 atom stereocenters. The minimum absolute atomic E-state index is 0.648. The number of hydrogen-bond acceptors (Lipinski definition) is 4. The van der Waals surface area contributed by atoms with Crippen molar-refractivity contribution in [2.75, 3.05) is 44.7 Å². The molecule has 1 aliphatic heterocycles. The van der Waals surface area contributed by atoms with Crippen LogP contribution in [0.3, 0.4) is 0 Å². The van der Waals surface area contributed by atoms with Crippen LogP contribution in [0.2, 0.25) is 5.02 Å². The van der Waals surface area contributed by atoms with Crippen molar-refractivity contribution < 1.29 is 9.15 Å². The minimum Gasteiger partial charge on any atom is -0.464 e. The van der Waals surface area contributed by atoms with Crippen molar-refractivity contribution in [3.63, 3.8) is 0 Å². The predicted molar refractivity (Wildman–Crippen MR) is 118 cm³/mol. The molecular formula is C21H28ClN3O2S. The van der Waals surface area contributed by atoms with Gasteiger partial charge in [0.05, 0.1) is 19.8 Å². The van der Waals surface area contributed by atoms with Crippen molar-refractivity contribution in [1.29, 1.82) is 0 Å². The zero-order valence-electron chi connectivity index (χ0n) is 16.5. The molecule has 1 fully saturated rings. The number of ether oxygens (including phenoxy) is 1. The third kappa shape index (κ3) is 6.21. The number of anilines is 1. The lowest BCUT2D eigenvalue weighted by Crippen LogP contribution is -2.40. The summed E-state index contributed by atoms with van der Waals surface area (Å²) in [7, 11) is 0. The van der Waals surface area contributed by atoms with E-state index in [0.717, 1.165) is 73.6 Å². The Balaban J connectivity index is 1.62. The zero-order valence-corrected chi connectivity index (χ0v) is 18.1. The van der Waals surface area contributed by atoms with Crippen LogP contribution in [-0.4, -0.2) is 54.3 Å². The topological polar surface area (TPSA) is 40.9 Å². The van der Waals surface area contributed by atoms with Crippen LogP contribution in [0.4, 0.5) is 5.69 Å². The van der Waals surface area contributed by atoms with Crippen LogP contribution in [0, 0.1) is 13.8 Å². The molecule has 28 heavy (non-hydrogen) atoms. The Labute approximate surface area is 177 Å². The molecule has 0 aliphatic carbocycles. The largest absolute Gasteiger partial charge is 0.464 e. The highest BCUT2D eigenvalue weighted by atomic mass is 35.5. The van der Waals surface area contributed by atoms with Crippen LogP contribution in [0.15, 0.2) is 34.7 Å². The first-order valence-corrected chi connectivity index (χ1v) is 10.5. The molecule has 0 unspecified atom stereocenters. The van der Waals surface area contributed by atoms with Gasteiger partial charge in [-0.15, -0.1) is 0 Å². The summed E-state index contributed by atoms with van der Waals surface area (Å²) in [5.41, 5.74) is 2.04. The second-order valence-corrected chi connectivity index (χ2v) is 7.95. The number of morpholine rings is 1. The number of nitrogens with zero attached hydrogens (tertiary/aromatic N) is 2. The van der Waals surface area contributed by atoms with Gasteiger partial charge in [-0.05, 0) is 68.4 Å². The maximum absolute atomic E-state index is 6.07. The molecule has 2 heterocycles. The van der Waals surface area contributed by atoms with Crippen molar-refractivity contribution in [1.82, 2.24) is 9.80 Å². The molecule has 1 saturated heterocycles. The van der Waals surface area contributed by atoms with Gasteiger partial charge in [0.2, 0.25) is 0 Å². The lowest BCUT2D eigenvalue weighted by molar-refractivity contribution is 0.0367. The third-order valence-corrected chi connectivity index (χ3v) is 5.46. The van der Waals surface area contributed by atoms with Crippen LogP contribution in [0.5, 0.6) is 0 Å². The van der Waals surface area contributed by atoms with Crippen LogP contribution < -0.4 is 5.32 Å². The lowest BCUT2D eigenvalue weighted by Gasteiger charge is -2.29. The molecule has 1 aromatic heterocycles. The van der Waals surface area contributed by atoms with Crippen molar-refractivity contribution in [2.45, 2.75) is 26.8 Å². The molecule has 1 N–H and O–H groups in total. The minimum atomic E-state index is 0.648. The van der Waals surface area contributed by atoms with Gasteiger partial charge in [0.15, 0.2) is 5.11 Å². The van der Waals surface area contributed by atoms with Gasteiger partial charge in [-0.25, -0.2) is 0 Å². The van der Waals surface area contributed by atoms with E-state index in [1.54, 1.807) is 0 Å². The monoisotopic (exact) mass is 421 g/mol. The number of benzene rings is 1. The Bertz CT molecular complexity index is 790. The molecular weight excluding hydrogens is 394 g/mol. The fourth-order valence-corrected chi connectivity index (χ4v) is 3.77. The Morgan fingerprint density at radius 1 is 1.21 bits per heavy atom. The molecule has 1 aromatic carbocycles. The molecule has 152 valence electrons. The van der Waals surface area contributed by atoms with Gasteiger partial charge in [-0.2, -0.15) is 0 Å². The Hall–Kier alpha value is -1.60. The Morgan fingerprint density at radius 2 is 2.00 bits per heavy atom. The Kier molecular flexibility index (Phi) is 7.73. The lowest BCUT2D eigenvalue weighted by atomic mass is 10.2. The van der Waals surface area contributed by atoms with Gasteiger partial charge in [-0.3, -0.25) is 4.90 Å². The van der Waals surface area contributed by atoms with Crippen molar-refractivity contribution in [3.05, 3.63) is 52.4 Å². The number of nitrogens with one attached hydrogen (secondary N) is 1. The van der Waals surface area contributed by atoms with E-state index < -0.39 is 0 Å². The smallest absolute Gasteiger partial charge is 0.173 e.